The van der Waals surface area contributed by atoms with E-state index in [9.17, 15) is 22.8 Å². The van der Waals surface area contributed by atoms with Gasteiger partial charge in [0.1, 0.15) is 10.9 Å². The Labute approximate surface area is 208 Å². The molecule has 11 heteroatoms. The quantitative estimate of drug-likeness (QED) is 0.393. The molecule has 2 aromatic carbocycles. The number of sulfonamides is 1. The summed E-state index contributed by atoms with van der Waals surface area (Å²) in [4.78, 5) is 38.8. The summed E-state index contributed by atoms with van der Waals surface area (Å²) in [5.74, 6) is -1.83. The van der Waals surface area contributed by atoms with E-state index in [1.165, 1.54) is 49.6 Å². The zero-order chi connectivity index (χ0) is 25.4. The molecule has 1 aliphatic rings. The summed E-state index contributed by atoms with van der Waals surface area (Å²) in [7, 11) is -3.09. The SMILES string of the molecule is CCC(C)(C)N(C1CC(=O)N(c2ccc(C(=O)OC)cc2)C1=O)S(=O)(=O)c1cc(Cl)ccc1Cl. The third-order valence-corrected chi connectivity index (χ3v) is 8.68. The zero-order valence-electron chi connectivity index (χ0n) is 19.0. The van der Waals surface area contributed by atoms with Crippen molar-refractivity contribution in [2.45, 2.75) is 50.1 Å². The van der Waals surface area contributed by atoms with Crippen LogP contribution >= 0.6 is 23.2 Å². The summed E-state index contributed by atoms with van der Waals surface area (Å²) < 4.78 is 33.3. The van der Waals surface area contributed by atoms with Gasteiger partial charge >= 0.3 is 5.97 Å². The summed E-state index contributed by atoms with van der Waals surface area (Å²) in [6.07, 6.45) is 0.00857. The lowest BCUT2D eigenvalue weighted by Crippen LogP contribution is -2.55. The maximum atomic E-state index is 13.8. The van der Waals surface area contributed by atoms with Crippen molar-refractivity contribution in [1.29, 1.82) is 0 Å². The molecule has 1 fully saturated rings. The largest absolute Gasteiger partial charge is 0.465 e. The van der Waals surface area contributed by atoms with Crippen molar-refractivity contribution in [2.75, 3.05) is 12.0 Å². The molecule has 0 N–H and O–H groups in total. The maximum Gasteiger partial charge on any atom is 0.337 e. The number of halogens is 2. The Morgan fingerprint density at radius 2 is 1.76 bits per heavy atom. The molecule has 1 heterocycles. The van der Waals surface area contributed by atoms with Gasteiger partial charge in [-0.05, 0) is 62.7 Å². The minimum atomic E-state index is -4.33. The van der Waals surface area contributed by atoms with Crippen molar-refractivity contribution in [3.8, 4) is 0 Å². The van der Waals surface area contributed by atoms with Gasteiger partial charge in [0.15, 0.2) is 0 Å². The highest BCUT2D eigenvalue weighted by Gasteiger charge is 2.51. The van der Waals surface area contributed by atoms with E-state index in [4.69, 9.17) is 23.2 Å². The number of nitrogens with zero attached hydrogens (tertiary/aromatic N) is 2. The Bertz CT molecular complexity index is 1240. The van der Waals surface area contributed by atoms with E-state index in [-0.39, 0.29) is 32.6 Å². The van der Waals surface area contributed by atoms with Crippen LogP contribution in [0.5, 0.6) is 0 Å². The second-order valence-corrected chi connectivity index (χ2v) is 11.0. The van der Waals surface area contributed by atoms with Crippen LogP contribution in [0, 0.1) is 0 Å². The van der Waals surface area contributed by atoms with Crippen LogP contribution in [0.2, 0.25) is 10.0 Å². The number of benzene rings is 2. The standard InChI is InChI=1S/C23H24Cl2N2O6S/c1-5-23(2,3)27(34(31,32)19-12-15(24)8-11-17(19)25)18-13-20(28)26(21(18)29)16-9-6-14(7-10-16)22(30)33-4/h6-12,18H,5,13H2,1-4H3. The molecule has 1 saturated heterocycles. The predicted octanol–water partition coefficient (Wildman–Crippen LogP) is 4.29. The minimum Gasteiger partial charge on any atom is -0.465 e. The van der Waals surface area contributed by atoms with Crippen LogP contribution in [0.25, 0.3) is 0 Å². The second-order valence-electron chi connectivity index (χ2n) is 8.37. The highest BCUT2D eigenvalue weighted by Crippen LogP contribution is 2.38. The van der Waals surface area contributed by atoms with Crippen molar-refractivity contribution in [3.63, 3.8) is 0 Å². The van der Waals surface area contributed by atoms with Crippen molar-refractivity contribution < 1.29 is 27.5 Å². The summed E-state index contributed by atoms with van der Waals surface area (Å²) in [5, 5.41) is 0.117. The number of rotatable bonds is 7. The van der Waals surface area contributed by atoms with Crippen molar-refractivity contribution >= 4 is 56.7 Å². The Kier molecular flexibility index (Phi) is 7.43. The predicted molar refractivity (Wildman–Crippen MR) is 129 cm³/mol. The highest BCUT2D eigenvalue weighted by atomic mass is 35.5. The van der Waals surface area contributed by atoms with E-state index in [0.717, 1.165) is 9.21 Å². The Hall–Kier alpha value is -2.46. The molecule has 0 aromatic heterocycles. The lowest BCUT2D eigenvalue weighted by molar-refractivity contribution is -0.122. The van der Waals surface area contributed by atoms with Gasteiger partial charge in [-0.15, -0.1) is 0 Å². The molecule has 0 radical (unpaired) electrons. The Balaban J connectivity index is 2.07. The van der Waals surface area contributed by atoms with E-state index in [1.54, 1.807) is 20.8 Å². The average molecular weight is 527 g/mol. The number of imide groups is 1. The third kappa shape index (κ3) is 4.70. The fourth-order valence-corrected chi connectivity index (χ4v) is 6.51. The molecule has 1 atom stereocenters. The fraction of sp³-hybridized carbons (Fsp3) is 0.348. The number of esters is 1. The van der Waals surface area contributed by atoms with E-state index >= 15 is 0 Å². The first kappa shape index (κ1) is 26.2. The fourth-order valence-electron chi connectivity index (χ4n) is 3.79. The van der Waals surface area contributed by atoms with Gasteiger partial charge in [-0.2, -0.15) is 4.31 Å². The van der Waals surface area contributed by atoms with Crippen LogP contribution in [-0.2, 0) is 24.3 Å². The first-order valence-electron chi connectivity index (χ1n) is 10.4. The lowest BCUT2D eigenvalue weighted by Gasteiger charge is -2.39. The van der Waals surface area contributed by atoms with Gasteiger partial charge < -0.3 is 4.74 Å². The van der Waals surface area contributed by atoms with Gasteiger partial charge in [-0.1, -0.05) is 30.1 Å². The molecular weight excluding hydrogens is 503 g/mol. The molecule has 0 bridgehead atoms. The molecule has 0 saturated carbocycles. The molecule has 8 nitrogen and oxygen atoms in total. The Morgan fingerprint density at radius 1 is 1.15 bits per heavy atom. The summed E-state index contributed by atoms with van der Waals surface area (Å²) in [6, 6.07) is 8.47. The molecule has 182 valence electrons. The number of hydrogen-bond acceptors (Lipinski definition) is 6. The maximum absolute atomic E-state index is 13.8. The zero-order valence-corrected chi connectivity index (χ0v) is 21.4. The minimum absolute atomic E-state index is 0.0478. The van der Waals surface area contributed by atoms with Crippen LogP contribution in [0.1, 0.15) is 44.0 Å². The van der Waals surface area contributed by atoms with Gasteiger partial charge in [-0.3, -0.25) is 9.59 Å². The van der Waals surface area contributed by atoms with Crippen molar-refractivity contribution in [1.82, 2.24) is 4.31 Å². The number of ether oxygens (including phenoxy) is 1. The van der Waals surface area contributed by atoms with Crippen LogP contribution in [0.15, 0.2) is 47.4 Å². The van der Waals surface area contributed by atoms with Crippen LogP contribution in [-0.4, -0.2) is 49.2 Å². The van der Waals surface area contributed by atoms with E-state index < -0.39 is 39.4 Å². The second kappa shape index (κ2) is 9.65. The molecule has 1 unspecified atom stereocenters. The lowest BCUT2D eigenvalue weighted by atomic mass is 10.00. The van der Waals surface area contributed by atoms with Crippen LogP contribution in [0.3, 0.4) is 0 Å². The van der Waals surface area contributed by atoms with E-state index in [2.05, 4.69) is 4.74 Å². The van der Waals surface area contributed by atoms with Crippen LogP contribution in [0.4, 0.5) is 5.69 Å². The molecule has 0 spiro atoms. The summed E-state index contributed by atoms with van der Waals surface area (Å²) >= 11 is 12.2. The number of anilines is 1. The van der Waals surface area contributed by atoms with Gasteiger partial charge in [0.25, 0.3) is 5.91 Å². The third-order valence-electron chi connectivity index (χ3n) is 5.84. The number of carbonyl (C=O) groups is 3. The topological polar surface area (TPSA) is 101 Å². The van der Waals surface area contributed by atoms with Crippen molar-refractivity contribution in [2.24, 2.45) is 0 Å². The molecular formula is C23H24Cl2N2O6S. The normalized spacial score (nSPS) is 16.9. The number of carbonyl (C=O) groups excluding carboxylic acids is 3. The smallest absolute Gasteiger partial charge is 0.337 e. The number of hydrogen-bond donors (Lipinski definition) is 0. The number of methoxy groups -OCH3 is 1. The molecule has 2 amide bonds. The van der Waals surface area contributed by atoms with E-state index in [0.29, 0.717) is 6.42 Å². The average Bonchev–Trinajstić information content (AvgIpc) is 3.07. The molecule has 1 aliphatic heterocycles. The van der Waals surface area contributed by atoms with Gasteiger partial charge in [0, 0.05) is 10.6 Å². The van der Waals surface area contributed by atoms with Gasteiger partial charge in [0.2, 0.25) is 15.9 Å². The first-order valence-corrected chi connectivity index (χ1v) is 12.6. The first-order chi connectivity index (χ1) is 15.8. The summed E-state index contributed by atoms with van der Waals surface area (Å²) in [5.41, 5.74) is -0.568. The number of amides is 2. The molecule has 0 aliphatic carbocycles. The monoisotopic (exact) mass is 526 g/mol. The molecule has 34 heavy (non-hydrogen) atoms. The Morgan fingerprint density at radius 3 is 2.32 bits per heavy atom. The van der Waals surface area contributed by atoms with Crippen LogP contribution < -0.4 is 4.90 Å². The van der Waals surface area contributed by atoms with Gasteiger partial charge in [-0.25, -0.2) is 18.1 Å². The highest BCUT2D eigenvalue weighted by molar-refractivity contribution is 7.89. The molecule has 2 aromatic rings. The van der Waals surface area contributed by atoms with Gasteiger partial charge in [0.05, 0.1) is 29.8 Å². The molecule has 3 rings (SSSR count). The van der Waals surface area contributed by atoms with Crippen molar-refractivity contribution in [3.05, 3.63) is 58.1 Å². The summed E-state index contributed by atoms with van der Waals surface area (Å²) in [6.45, 7) is 5.13. The van der Waals surface area contributed by atoms with E-state index in [1.807, 2.05) is 0 Å².